The lowest BCUT2D eigenvalue weighted by molar-refractivity contribution is 0.1000. The largest absolute Gasteiger partial charge is 0.366 e. The molecule has 0 saturated heterocycles. The summed E-state index contributed by atoms with van der Waals surface area (Å²) >= 11 is 0. The maximum absolute atomic E-state index is 13.0. The Morgan fingerprint density at radius 1 is 1.32 bits per heavy atom. The van der Waals surface area contributed by atoms with Gasteiger partial charge in [0.05, 0.1) is 17.9 Å². The number of benzene rings is 1. The Kier molecular flexibility index (Phi) is 5.22. The highest BCUT2D eigenvalue weighted by Crippen LogP contribution is 2.20. The van der Waals surface area contributed by atoms with Crippen molar-refractivity contribution in [3.05, 3.63) is 65.2 Å². The van der Waals surface area contributed by atoms with Gasteiger partial charge in [0.2, 0.25) is 5.91 Å². The number of hydrogen-bond acceptors (Lipinski definition) is 3. The maximum Gasteiger partial charge on any atom is 0.248 e. The molecule has 1 aromatic carbocycles. The van der Waals surface area contributed by atoms with Crippen molar-refractivity contribution >= 4 is 5.91 Å². The summed E-state index contributed by atoms with van der Waals surface area (Å²) in [7, 11) is 0. The Morgan fingerprint density at radius 3 is 2.68 bits per heavy atom. The molecule has 1 atom stereocenters. The van der Waals surface area contributed by atoms with E-state index in [9.17, 15) is 9.18 Å². The highest BCUT2D eigenvalue weighted by atomic mass is 19.1. The van der Waals surface area contributed by atoms with Crippen LogP contribution in [0, 0.1) is 11.7 Å². The first-order chi connectivity index (χ1) is 10.5. The second-order valence-corrected chi connectivity index (χ2v) is 5.57. The normalized spacial score (nSPS) is 12.4. The van der Waals surface area contributed by atoms with Crippen LogP contribution in [-0.4, -0.2) is 10.9 Å². The van der Waals surface area contributed by atoms with E-state index in [-0.39, 0.29) is 17.8 Å². The number of nitrogens with one attached hydrogen (secondary N) is 1. The molecule has 0 aliphatic rings. The van der Waals surface area contributed by atoms with Gasteiger partial charge in [-0.3, -0.25) is 9.78 Å². The molecule has 0 bridgehead atoms. The van der Waals surface area contributed by atoms with Gasteiger partial charge >= 0.3 is 0 Å². The lowest BCUT2D eigenvalue weighted by Gasteiger charge is -2.22. The third-order valence-electron chi connectivity index (χ3n) is 3.47. The zero-order valence-corrected chi connectivity index (χ0v) is 12.7. The van der Waals surface area contributed by atoms with Crippen molar-refractivity contribution in [1.82, 2.24) is 10.3 Å². The van der Waals surface area contributed by atoms with Crippen molar-refractivity contribution < 1.29 is 9.18 Å². The molecule has 0 fully saturated rings. The monoisotopic (exact) mass is 301 g/mol. The fraction of sp³-hybridized carbons (Fsp3) is 0.294. The lowest BCUT2D eigenvalue weighted by atomic mass is 9.99. The van der Waals surface area contributed by atoms with E-state index in [0.29, 0.717) is 12.1 Å². The molecule has 116 valence electrons. The van der Waals surface area contributed by atoms with Crippen LogP contribution < -0.4 is 11.1 Å². The molecule has 5 heteroatoms. The number of carbonyl (C=O) groups excluding carboxylic acids is 1. The van der Waals surface area contributed by atoms with Crippen molar-refractivity contribution in [3.8, 4) is 0 Å². The van der Waals surface area contributed by atoms with Gasteiger partial charge < -0.3 is 11.1 Å². The number of carbonyl (C=O) groups is 1. The standard InChI is InChI=1S/C17H20FN3O/c1-11(2)16(15-7-6-14(18)10-20-15)21-9-12-4-3-5-13(8-12)17(19)22/h3-8,10-11,16,21H,9H2,1-2H3,(H2,19,22). The van der Waals surface area contributed by atoms with Crippen LogP contribution in [0.1, 0.15) is 41.5 Å². The number of nitrogens with two attached hydrogens (primary N) is 1. The number of nitrogens with zero attached hydrogens (tertiary/aromatic N) is 1. The van der Waals surface area contributed by atoms with Crippen LogP contribution in [0.15, 0.2) is 42.6 Å². The van der Waals surface area contributed by atoms with Crippen LogP contribution >= 0.6 is 0 Å². The second kappa shape index (κ2) is 7.13. The van der Waals surface area contributed by atoms with E-state index in [1.54, 1.807) is 24.3 Å². The van der Waals surface area contributed by atoms with Gasteiger partial charge in [-0.1, -0.05) is 26.0 Å². The van der Waals surface area contributed by atoms with Crippen molar-refractivity contribution in [1.29, 1.82) is 0 Å². The van der Waals surface area contributed by atoms with Gasteiger partial charge in [-0.05, 0) is 35.7 Å². The summed E-state index contributed by atoms with van der Waals surface area (Å²) in [5.41, 5.74) is 7.53. The fourth-order valence-electron chi connectivity index (χ4n) is 2.32. The SMILES string of the molecule is CC(C)C(NCc1cccc(C(N)=O)c1)c1ccc(F)cn1. The van der Waals surface area contributed by atoms with Gasteiger partial charge in [0.15, 0.2) is 0 Å². The quantitative estimate of drug-likeness (QED) is 0.862. The molecule has 0 radical (unpaired) electrons. The van der Waals surface area contributed by atoms with Crippen LogP contribution in [0.5, 0.6) is 0 Å². The molecule has 3 N–H and O–H groups in total. The molecule has 2 aromatic rings. The Bertz CT molecular complexity index is 641. The number of amides is 1. The number of halogens is 1. The molecule has 0 saturated carbocycles. The smallest absolute Gasteiger partial charge is 0.248 e. The van der Waals surface area contributed by atoms with Crippen LogP contribution in [0.25, 0.3) is 0 Å². The van der Waals surface area contributed by atoms with Crippen LogP contribution in [0.2, 0.25) is 0 Å². The minimum atomic E-state index is -0.442. The third-order valence-corrected chi connectivity index (χ3v) is 3.47. The summed E-state index contributed by atoms with van der Waals surface area (Å²) in [5, 5.41) is 3.40. The van der Waals surface area contributed by atoms with E-state index in [1.165, 1.54) is 12.3 Å². The number of hydrogen-bond donors (Lipinski definition) is 2. The molecule has 0 aliphatic heterocycles. The highest BCUT2D eigenvalue weighted by Gasteiger charge is 2.16. The fourth-order valence-corrected chi connectivity index (χ4v) is 2.32. The Labute approximate surface area is 129 Å². The molecule has 2 rings (SSSR count). The molecule has 0 aliphatic carbocycles. The first-order valence-corrected chi connectivity index (χ1v) is 7.21. The molecule has 1 aromatic heterocycles. The molecule has 1 amide bonds. The van der Waals surface area contributed by atoms with Crippen molar-refractivity contribution in [3.63, 3.8) is 0 Å². The van der Waals surface area contributed by atoms with E-state index >= 15 is 0 Å². The van der Waals surface area contributed by atoms with Crippen molar-refractivity contribution in [2.45, 2.75) is 26.4 Å². The van der Waals surface area contributed by atoms with Gasteiger partial charge in [0.25, 0.3) is 0 Å². The number of pyridine rings is 1. The first kappa shape index (κ1) is 16.1. The number of aromatic nitrogens is 1. The molecule has 0 spiro atoms. The molecular formula is C17H20FN3O. The van der Waals surface area contributed by atoms with Crippen molar-refractivity contribution in [2.75, 3.05) is 0 Å². The zero-order chi connectivity index (χ0) is 16.1. The predicted molar refractivity (Wildman–Crippen MR) is 83.6 cm³/mol. The summed E-state index contributed by atoms with van der Waals surface area (Å²) in [5.74, 6) is -0.500. The summed E-state index contributed by atoms with van der Waals surface area (Å²) in [4.78, 5) is 15.4. The minimum Gasteiger partial charge on any atom is -0.366 e. The average Bonchev–Trinajstić information content (AvgIpc) is 2.49. The topological polar surface area (TPSA) is 68.0 Å². The zero-order valence-electron chi connectivity index (χ0n) is 12.7. The molecule has 1 heterocycles. The van der Waals surface area contributed by atoms with Gasteiger partial charge in [0.1, 0.15) is 5.82 Å². The Hall–Kier alpha value is -2.27. The first-order valence-electron chi connectivity index (χ1n) is 7.21. The third kappa shape index (κ3) is 4.11. The Balaban J connectivity index is 2.11. The molecular weight excluding hydrogens is 281 g/mol. The molecule has 4 nitrogen and oxygen atoms in total. The number of primary amides is 1. The molecule has 22 heavy (non-hydrogen) atoms. The van der Waals surface area contributed by atoms with E-state index in [4.69, 9.17) is 5.73 Å². The van der Waals surface area contributed by atoms with Gasteiger partial charge in [-0.2, -0.15) is 0 Å². The summed E-state index contributed by atoms with van der Waals surface area (Å²) in [6.07, 6.45) is 1.22. The average molecular weight is 301 g/mol. The highest BCUT2D eigenvalue weighted by molar-refractivity contribution is 5.92. The van der Waals surface area contributed by atoms with Crippen LogP contribution in [-0.2, 0) is 6.54 Å². The summed E-state index contributed by atoms with van der Waals surface area (Å²) in [6.45, 7) is 4.72. The van der Waals surface area contributed by atoms with Crippen LogP contribution in [0.3, 0.4) is 0 Å². The van der Waals surface area contributed by atoms with E-state index in [1.807, 2.05) is 6.07 Å². The summed E-state index contributed by atoms with van der Waals surface area (Å²) < 4.78 is 13.0. The Morgan fingerprint density at radius 2 is 2.09 bits per heavy atom. The predicted octanol–water partition coefficient (Wildman–Crippen LogP) is 2.81. The van der Waals surface area contributed by atoms with E-state index in [0.717, 1.165) is 11.3 Å². The second-order valence-electron chi connectivity index (χ2n) is 5.57. The minimum absolute atomic E-state index is 0.00201. The number of rotatable bonds is 6. The maximum atomic E-state index is 13.0. The van der Waals surface area contributed by atoms with Gasteiger partial charge in [-0.25, -0.2) is 4.39 Å². The van der Waals surface area contributed by atoms with Gasteiger partial charge in [-0.15, -0.1) is 0 Å². The molecule has 1 unspecified atom stereocenters. The lowest BCUT2D eigenvalue weighted by Crippen LogP contribution is -2.26. The van der Waals surface area contributed by atoms with Crippen molar-refractivity contribution in [2.24, 2.45) is 11.7 Å². The van der Waals surface area contributed by atoms with Crippen LogP contribution in [0.4, 0.5) is 4.39 Å². The van der Waals surface area contributed by atoms with E-state index < -0.39 is 5.91 Å². The van der Waals surface area contributed by atoms with Gasteiger partial charge in [0, 0.05) is 12.1 Å². The van der Waals surface area contributed by atoms with E-state index in [2.05, 4.69) is 24.1 Å². The summed E-state index contributed by atoms with van der Waals surface area (Å²) in [6, 6.07) is 10.3.